The van der Waals surface area contributed by atoms with Crippen LogP contribution in [0, 0.1) is 29.6 Å². The van der Waals surface area contributed by atoms with Crippen molar-refractivity contribution < 1.29 is 19.2 Å². The lowest BCUT2D eigenvalue weighted by molar-refractivity contribution is -0.138. The molecule has 6 atom stereocenters. The van der Waals surface area contributed by atoms with Crippen LogP contribution < -0.4 is 4.90 Å². The summed E-state index contributed by atoms with van der Waals surface area (Å²) < 4.78 is 0. The molecule has 6 aliphatic rings. The summed E-state index contributed by atoms with van der Waals surface area (Å²) in [4.78, 5) is 58.6. The molecule has 33 heavy (non-hydrogen) atoms. The number of amides is 4. The standard InChI is InChI=1S/C26H21N3O4/c1-27-22(30)18-15-12-16-14-10-6-7-11-17(14)29(13-8-4-3-5-9-13)26(16,20(18)24(27)32)21-19(15)23(31)28(2)25(21)33/h3-12,15,18-21H,1-2H3/t15?,18-,19+,20-,21-,26?/m1/s1. The minimum absolute atomic E-state index is 0.262. The molecule has 2 bridgehead atoms. The first-order valence-corrected chi connectivity index (χ1v) is 11.2. The average Bonchev–Trinajstić information content (AvgIpc) is 3.37. The molecular weight excluding hydrogens is 418 g/mol. The van der Waals surface area contributed by atoms with Crippen molar-refractivity contribution in [3.63, 3.8) is 0 Å². The fourth-order valence-electron chi connectivity index (χ4n) is 7.39. The van der Waals surface area contributed by atoms with E-state index in [9.17, 15) is 19.2 Å². The predicted molar refractivity (Wildman–Crippen MR) is 119 cm³/mol. The Balaban J connectivity index is 1.62. The number of hydrogen-bond acceptors (Lipinski definition) is 5. The molecule has 2 unspecified atom stereocenters. The largest absolute Gasteiger partial charge is 0.329 e. The number of likely N-dealkylation sites (tertiary alicyclic amines) is 2. The van der Waals surface area contributed by atoms with Crippen molar-refractivity contribution in [3.05, 3.63) is 66.2 Å². The summed E-state index contributed by atoms with van der Waals surface area (Å²) in [5.41, 5.74) is 2.43. The van der Waals surface area contributed by atoms with E-state index in [2.05, 4.69) is 4.90 Å². The second-order valence-corrected chi connectivity index (χ2v) is 9.65. The van der Waals surface area contributed by atoms with E-state index in [0.717, 1.165) is 22.5 Å². The molecule has 3 aliphatic carbocycles. The number of hydrogen-bond donors (Lipinski definition) is 0. The van der Waals surface area contributed by atoms with Gasteiger partial charge in [-0.15, -0.1) is 0 Å². The van der Waals surface area contributed by atoms with Crippen LogP contribution in [0.3, 0.4) is 0 Å². The molecule has 1 saturated carbocycles. The number of allylic oxidation sites excluding steroid dienone is 1. The number of carbonyl (C=O) groups is 4. The Morgan fingerprint density at radius 2 is 1.24 bits per heavy atom. The van der Waals surface area contributed by atoms with E-state index >= 15 is 0 Å². The fourth-order valence-corrected chi connectivity index (χ4v) is 7.39. The van der Waals surface area contributed by atoms with Crippen molar-refractivity contribution >= 4 is 40.6 Å². The van der Waals surface area contributed by atoms with Gasteiger partial charge in [-0.3, -0.25) is 29.0 Å². The molecule has 7 heteroatoms. The summed E-state index contributed by atoms with van der Waals surface area (Å²) in [6.45, 7) is 0. The highest BCUT2D eigenvalue weighted by Gasteiger charge is 2.79. The summed E-state index contributed by atoms with van der Waals surface area (Å²) in [7, 11) is 3.03. The minimum Gasteiger partial charge on any atom is -0.329 e. The SMILES string of the molecule is CN1C(=O)[C@@H]2C3C=C4c5ccccc5N(c5ccccc5)C4([C@H]2C1=O)[C@H]1C(=O)N(C)C(=O)[C@@H]31. The monoisotopic (exact) mass is 439 g/mol. The van der Waals surface area contributed by atoms with Gasteiger partial charge in [-0.25, -0.2) is 0 Å². The van der Waals surface area contributed by atoms with E-state index in [1.165, 1.54) is 23.9 Å². The van der Waals surface area contributed by atoms with Gasteiger partial charge in [0.15, 0.2) is 0 Å². The third-order valence-corrected chi connectivity index (χ3v) is 8.53. The van der Waals surface area contributed by atoms with Crippen molar-refractivity contribution in [3.8, 4) is 0 Å². The predicted octanol–water partition coefficient (Wildman–Crippen LogP) is 2.07. The summed E-state index contributed by atoms with van der Waals surface area (Å²) >= 11 is 0. The Bertz CT molecular complexity index is 1290. The van der Waals surface area contributed by atoms with Gasteiger partial charge in [-0.2, -0.15) is 0 Å². The van der Waals surface area contributed by atoms with Gasteiger partial charge in [0.2, 0.25) is 23.6 Å². The zero-order chi connectivity index (χ0) is 22.8. The van der Waals surface area contributed by atoms with Gasteiger partial charge < -0.3 is 4.90 Å². The Morgan fingerprint density at radius 3 is 1.85 bits per heavy atom. The van der Waals surface area contributed by atoms with Crippen LogP contribution >= 0.6 is 0 Å². The van der Waals surface area contributed by atoms with E-state index in [1.54, 1.807) is 0 Å². The molecule has 4 amide bonds. The molecule has 2 aromatic carbocycles. The van der Waals surface area contributed by atoms with Crippen molar-refractivity contribution in [2.45, 2.75) is 5.54 Å². The molecule has 2 aromatic rings. The maximum absolute atomic E-state index is 13.7. The number of nitrogens with zero attached hydrogens (tertiary/aromatic N) is 3. The Morgan fingerprint density at radius 1 is 0.697 bits per heavy atom. The van der Waals surface area contributed by atoms with Gasteiger partial charge >= 0.3 is 0 Å². The minimum atomic E-state index is -1.13. The van der Waals surface area contributed by atoms with E-state index in [4.69, 9.17) is 0 Å². The maximum Gasteiger partial charge on any atom is 0.235 e. The highest BCUT2D eigenvalue weighted by molar-refractivity contribution is 6.17. The number of anilines is 2. The zero-order valence-electron chi connectivity index (χ0n) is 18.1. The first-order chi connectivity index (χ1) is 15.9. The molecule has 0 aromatic heterocycles. The Kier molecular flexibility index (Phi) is 3.29. The lowest BCUT2D eigenvalue weighted by atomic mass is 9.47. The second kappa shape index (κ2) is 5.78. The number of imide groups is 2. The molecule has 1 spiro atoms. The molecule has 8 rings (SSSR count). The Labute approximate surface area is 190 Å². The van der Waals surface area contributed by atoms with E-state index < -0.39 is 35.1 Å². The van der Waals surface area contributed by atoms with Crippen LogP contribution in [0.1, 0.15) is 5.56 Å². The van der Waals surface area contributed by atoms with Gasteiger partial charge in [-0.05, 0) is 23.8 Å². The molecule has 0 radical (unpaired) electrons. The van der Waals surface area contributed by atoms with Crippen molar-refractivity contribution in [2.24, 2.45) is 29.6 Å². The Hall–Kier alpha value is -3.74. The molecule has 164 valence electrons. The molecule has 7 nitrogen and oxygen atoms in total. The topological polar surface area (TPSA) is 78.0 Å². The van der Waals surface area contributed by atoms with Crippen LogP contribution in [0.4, 0.5) is 11.4 Å². The third kappa shape index (κ3) is 1.83. The van der Waals surface area contributed by atoms with E-state index in [-0.39, 0.29) is 23.6 Å². The molecule has 3 aliphatic heterocycles. The second-order valence-electron chi connectivity index (χ2n) is 9.65. The van der Waals surface area contributed by atoms with Gasteiger partial charge in [0.05, 0.1) is 29.2 Å². The van der Waals surface area contributed by atoms with Crippen LogP contribution in [0.15, 0.2) is 60.7 Å². The lowest BCUT2D eigenvalue weighted by Gasteiger charge is -2.57. The smallest absolute Gasteiger partial charge is 0.235 e. The van der Waals surface area contributed by atoms with Gasteiger partial charge in [0.25, 0.3) is 0 Å². The van der Waals surface area contributed by atoms with Crippen LogP contribution in [-0.4, -0.2) is 53.1 Å². The molecule has 0 N–H and O–H groups in total. The first-order valence-electron chi connectivity index (χ1n) is 11.2. The molecular formula is C26H21N3O4. The highest BCUT2D eigenvalue weighted by atomic mass is 16.2. The molecule has 3 fully saturated rings. The lowest BCUT2D eigenvalue weighted by Crippen LogP contribution is -2.68. The quantitative estimate of drug-likeness (QED) is 0.636. The molecule has 3 heterocycles. The zero-order valence-corrected chi connectivity index (χ0v) is 18.1. The summed E-state index contributed by atoms with van der Waals surface area (Å²) in [6.07, 6.45) is 2.03. The van der Waals surface area contributed by atoms with Crippen molar-refractivity contribution in [2.75, 3.05) is 19.0 Å². The summed E-state index contributed by atoms with van der Waals surface area (Å²) in [6, 6.07) is 17.5. The maximum atomic E-state index is 13.7. The first kappa shape index (κ1) is 18.8. The number of fused-ring (bicyclic) bond motifs is 1. The van der Waals surface area contributed by atoms with Crippen LogP contribution in [-0.2, 0) is 19.2 Å². The van der Waals surface area contributed by atoms with E-state index in [0.29, 0.717) is 0 Å². The van der Waals surface area contributed by atoms with E-state index in [1.807, 2.05) is 60.7 Å². The van der Waals surface area contributed by atoms with Gasteiger partial charge in [0, 0.05) is 37.0 Å². The highest BCUT2D eigenvalue weighted by Crippen LogP contribution is 2.70. The summed E-state index contributed by atoms with van der Waals surface area (Å²) in [5.74, 6) is -4.35. The summed E-state index contributed by atoms with van der Waals surface area (Å²) in [5, 5.41) is 0. The molecule has 2 saturated heterocycles. The number of para-hydroxylation sites is 2. The van der Waals surface area contributed by atoms with Gasteiger partial charge in [-0.1, -0.05) is 42.5 Å². The van der Waals surface area contributed by atoms with Gasteiger partial charge in [0.1, 0.15) is 0 Å². The van der Waals surface area contributed by atoms with Crippen molar-refractivity contribution in [1.82, 2.24) is 9.80 Å². The van der Waals surface area contributed by atoms with Crippen LogP contribution in [0.25, 0.3) is 5.57 Å². The number of carbonyl (C=O) groups excluding carboxylic acids is 4. The number of benzene rings is 2. The normalized spacial score (nSPS) is 35.6. The van der Waals surface area contributed by atoms with Crippen molar-refractivity contribution in [1.29, 1.82) is 0 Å². The fraction of sp³-hybridized carbons (Fsp3) is 0.308. The van der Waals surface area contributed by atoms with Crippen LogP contribution in [0.5, 0.6) is 0 Å². The number of rotatable bonds is 1. The van der Waals surface area contributed by atoms with Crippen LogP contribution in [0.2, 0.25) is 0 Å². The average molecular weight is 439 g/mol. The third-order valence-electron chi connectivity index (χ3n) is 8.53.